The van der Waals surface area contributed by atoms with Gasteiger partial charge < -0.3 is 4.57 Å². The minimum atomic E-state index is 0.666. The molecule has 0 aliphatic rings. The molecule has 3 nitrogen and oxygen atoms in total. The summed E-state index contributed by atoms with van der Waals surface area (Å²) in [5.41, 5.74) is 14.5. The van der Waals surface area contributed by atoms with Crippen molar-refractivity contribution in [3.8, 4) is 50.2 Å². The molecule has 0 radical (unpaired) electrons. The van der Waals surface area contributed by atoms with E-state index in [4.69, 9.17) is 11.6 Å². The molecule has 0 aliphatic heterocycles. The Balaban J connectivity index is 0.907. The van der Waals surface area contributed by atoms with E-state index >= 15 is 0 Å². The van der Waals surface area contributed by atoms with E-state index < -0.39 is 0 Å². The second kappa shape index (κ2) is 13.7. The number of rotatable bonds is 5. The number of pyridine rings is 1. The Morgan fingerprint density at radius 1 is 0.365 bits per heavy atom. The number of fused-ring (bicyclic) bond motifs is 4. The van der Waals surface area contributed by atoms with Gasteiger partial charge in [0.2, 0.25) is 0 Å². The Morgan fingerprint density at radius 3 is 1.62 bits per heavy atom. The molecule has 0 saturated heterocycles. The van der Waals surface area contributed by atoms with Crippen molar-refractivity contribution in [3.63, 3.8) is 0 Å². The van der Waals surface area contributed by atoms with Gasteiger partial charge in [0.15, 0.2) is 5.69 Å². The first-order valence-corrected chi connectivity index (χ1v) is 21.4. The predicted molar refractivity (Wildman–Crippen MR) is 265 cm³/mol. The molecule has 0 fully saturated rings. The molecule has 0 spiro atoms. The van der Waals surface area contributed by atoms with E-state index in [9.17, 15) is 0 Å². The molecule has 0 bridgehead atoms. The van der Waals surface area contributed by atoms with Gasteiger partial charge in [-0.1, -0.05) is 182 Å². The topological polar surface area (TPSA) is 22.2 Å². The predicted octanol–water partition coefficient (Wildman–Crippen LogP) is 16.6. The average Bonchev–Trinajstić information content (AvgIpc) is 3.69. The summed E-state index contributed by atoms with van der Waals surface area (Å²) < 4.78 is 2.33. The van der Waals surface area contributed by atoms with E-state index in [1.54, 1.807) is 0 Å². The maximum absolute atomic E-state index is 7.99. The molecule has 3 heteroatoms. The van der Waals surface area contributed by atoms with E-state index in [-0.39, 0.29) is 0 Å². The smallest absolute Gasteiger partial charge is 0.195 e. The quantitative estimate of drug-likeness (QED) is 0.0966. The molecule has 0 amide bonds. The van der Waals surface area contributed by atoms with Crippen LogP contribution in [0.3, 0.4) is 0 Å². The summed E-state index contributed by atoms with van der Waals surface area (Å²) in [6.07, 6.45) is 1.86. The second-order valence-electron chi connectivity index (χ2n) is 16.5. The lowest BCUT2D eigenvalue weighted by atomic mass is 9.84. The fraction of sp³-hybridized carbons (Fsp3) is 0. The minimum absolute atomic E-state index is 0.666. The van der Waals surface area contributed by atoms with Crippen molar-refractivity contribution in [3.05, 3.63) is 224 Å². The molecule has 0 atom stereocenters. The van der Waals surface area contributed by atoms with Crippen LogP contribution < -0.4 is 0 Å². The van der Waals surface area contributed by atoms with Gasteiger partial charge in [0.05, 0.1) is 28.8 Å². The van der Waals surface area contributed by atoms with Gasteiger partial charge in [0.25, 0.3) is 0 Å². The SMILES string of the molecule is [C-]#[N+]c1ccc2c3c1ccc1c(-c4ccc(-c5ccc(-c6c7ccccc7c(-c7cccc8ccccc78)c7ccccc67)cc5)cc4)ccc(c13)n2-c1cccc2cccnc12. The summed E-state index contributed by atoms with van der Waals surface area (Å²) in [4.78, 5) is 8.75. The van der Waals surface area contributed by atoms with Gasteiger partial charge in [-0.25, -0.2) is 4.85 Å². The number of hydrogen-bond donors (Lipinski definition) is 0. The van der Waals surface area contributed by atoms with Crippen molar-refractivity contribution >= 4 is 81.5 Å². The molecular formula is C60H35N3. The van der Waals surface area contributed by atoms with Crippen molar-refractivity contribution in [2.45, 2.75) is 0 Å². The summed E-state index contributed by atoms with van der Waals surface area (Å²) in [5, 5.41) is 13.1. The van der Waals surface area contributed by atoms with Crippen LogP contribution in [0.4, 0.5) is 5.69 Å². The third-order valence-electron chi connectivity index (χ3n) is 13.2. The largest absolute Gasteiger partial charge is 0.307 e. The van der Waals surface area contributed by atoms with E-state index in [0.717, 1.165) is 44.0 Å². The lowest BCUT2D eigenvalue weighted by molar-refractivity contribution is 1.18. The third kappa shape index (κ3) is 5.22. The van der Waals surface area contributed by atoms with Crippen LogP contribution in [0.25, 0.3) is 131 Å². The molecule has 0 unspecified atom stereocenters. The number of benzene rings is 11. The third-order valence-corrected chi connectivity index (χ3v) is 13.2. The van der Waals surface area contributed by atoms with Crippen molar-refractivity contribution in [2.24, 2.45) is 0 Å². The highest BCUT2D eigenvalue weighted by molar-refractivity contribution is 6.29. The molecule has 0 N–H and O–H groups in total. The fourth-order valence-electron chi connectivity index (χ4n) is 10.5. The molecule has 63 heavy (non-hydrogen) atoms. The molecule has 0 saturated carbocycles. The summed E-state index contributed by atoms with van der Waals surface area (Å²) in [6.45, 7) is 7.99. The average molecular weight is 798 g/mol. The van der Waals surface area contributed by atoms with Gasteiger partial charge in [-0.3, -0.25) is 4.98 Å². The van der Waals surface area contributed by atoms with Crippen molar-refractivity contribution < 1.29 is 0 Å². The van der Waals surface area contributed by atoms with Gasteiger partial charge in [0, 0.05) is 22.4 Å². The minimum Gasteiger partial charge on any atom is -0.307 e. The Kier molecular flexibility index (Phi) is 7.67. The van der Waals surface area contributed by atoms with E-state index in [0.29, 0.717) is 5.69 Å². The van der Waals surface area contributed by atoms with Crippen LogP contribution in [0.5, 0.6) is 0 Å². The molecule has 13 aromatic rings. The summed E-state index contributed by atoms with van der Waals surface area (Å²) in [5.74, 6) is 0. The Morgan fingerprint density at radius 2 is 0.905 bits per heavy atom. The molecule has 11 aromatic carbocycles. The first-order valence-electron chi connectivity index (χ1n) is 21.4. The van der Waals surface area contributed by atoms with Crippen LogP contribution >= 0.6 is 0 Å². The Hall–Kier alpha value is -8.58. The molecule has 0 aliphatic carbocycles. The molecule has 2 heterocycles. The first kappa shape index (κ1) is 35.2. The number of nitrogens with zero attached hydrogens (tertiary/aromatic N) is 3. The Labute approximate surface area is 363 Å². The van der Waals surface area contributed by atoms with Crippen molar-refractivity contribution in [2.75, 3.05) is 0 Å². The van der Waals surface area contributed by atoms with E-state index in [1.165, 1.54) is 82.0 Å². The van der Waals surface area contributed by atoms with Crippen LogP contribution in [0.2, 0.25) is 0 Å². The lowest BCUT2D eigenvalue weighted by Gasteiger charge is -2.19. The monoisotopic (exact) mass is 797 g/mol. The van der Waals surface area contributed by atoms with Crippen molar-refractivity contribution in [1.82, 2.24) is 9.55 Å². The van der Waals surface area contributed by atoms with E-state index in [1.807, 2.05) is 18.3 Å². The van der Waals surface area contributed by atoms with Crippen LogP contribution in [0.15, 0.2) is 212 Å². The second-order valence-corrected chi connectivity index (χ2v) is 16.5. The highest BCUT2D eigenvalue weighted by Gasteiger charge is 2.22. The van der Waals surface area contributed by atoms with Crippen LogP contribution in [-0.2, 0) is 0 Å². The molecule has 290 valence electrons. The lowest BCUT2D eigenvalue weighted by Crippen LogP contribution is -1.96. The van der Waals surface area contributed by atoms with Crippen LogP contribution in [0, 0.1) is 6.57 Å². The standard InChI is InChI=1S/C60H35N3/c1-61-52-33-35-54-59-51(52)31-30-50-44(32-34-53(58(50)59)63(54)55-21-9-13-42-14-10-36-62-60(42)55)40-26-22-37(23-27-40)38-24-28-41(29-25-38)56-46-16-4-6-18-48(46)57(49-19-7-5-17-47(49)56)45-20-8-12-39-11-2-3-15-43(39)45/h2-36H. The summed E-state index contributed by atoms with van der Waals surface area (Å²) in [7, 11) is 0. The number of hydrogen-bond acceptors (Lipinski definition) is 1. The van der Waals surface area contributed by atoms with Gasteiger partial charge in [0.1, 0.15) is 0 Å². The van der Waals surface area contributed by atoms with Crippen molar-refractivity contribution in [1.29, 1.82) is 0 Å². The van der Waals surface area contributed by atoms with Gasteiger partial charge in [-0.05, 0) is 112 Å². The first-order chi connectivity index (χ1) is 31.2. The Bertz CT molecular complexity index is 3950. The molecular weight excluding hydrogens is 763 g/mol. The fourth-order valence-corrected chi connectivity index (χ4v) is 10.5. The zero-order chi connectivity index (χ0) is 41.6. The molecule has 13 rings (SSSR count). The maximum Gasteiger partial charge on any atom is 0.195 e. The highest BCUT2D eigenvalue weighted by atomic mass is 15.0. The normalized spacial score (nSPS) is 11.8. The zero-order valence-electron chi connectivity index (χ0n) is 34.0. The van der Waals surface area contributed by atoms with E-state index in [2.05, 4.69) is 204 Å². The number of para-hydroxylation sites is 1. The maximum atomic E-state index is 7.99. The molecule has 2 aromatic heterocycles. The summed E-state index contributed by atoms with van der Waals surface area (Å²) in [6, 6.07) is 74.5. The highest BCUT2D eigenvalue weighted by Crippen LogP contribution is 2.47. The number of aromatic nitrogens is 2. The van der Waals surface area contributed by atoms with Crippen LogP contribution in [-0.4, -0.2) is 9.55 Å². The summed E-state index contributed by atoms with van der Waals surface area (Å²) >= 11 is 0. The van der Waals surface area contributed by atoms with Gasteiger partial charge in [-0.2, -0.15) is 0 Å². The van der Waals surface area contributed by atoms with Gasteiger partial charge in [-0.15, -0.1) is 0 Å². The van der Waals surface area contributed by atoms with Crippen LogP contribution in [0.1, 0.15) is 0 Å². The van der Waals surface area contributed by atoms with Gasteiger partial charge >= 0.3 is 0 Å². The zero-order valence-corrected chi connectivity index (χ0v) is 34.0.